The summed E-state index contributed by atoms with van der Waals surface area (Å²) in [6.07, 6.45) is -0.0299. The molecular weight excluding hydrogens is 294 g/mol. The minimum atomic E-state index is -3.59. The van der Waals surface area contributed by atoms with E-state index >= 15 is 0 Å². The average Bonchev–Trinajstić information content (AvgIpc) is 2.26. The fourth-order valence-electron chi connectivity index (χ4n) is 1.13. The lowest BCUT2D eigenvalue weighted by molar-refractivity contribution is 0.0913. The Morgan fingerprint density at radius 3 is 2.68 bits per heavy atom. The maximum Gasteiger partial charge on any atom is 0.241 e. The van der Waals surface area contributed by atoms with Gasteiger partial charge in [0.2, 0.25) is 21.9 Å². The lowest BCUT2D eigenvalue weighted by Crippen LogP contribution is -2.22. The summed E-state index contributed by atoms with van der Waals surface area (Å²) in [5.41, 5.74) is 0. The molecule has 0 unspecified atom stereocenters. The summed E-state index contributed by atoms with van der Waals surface area (Å²) in [4.78, 5) is 7.58. The summed E-state index contributed by atoms with van der Waals surface area (Å²) in [5.74, 6) is -0.145. The van der Waals surface area contributed by atoms with Gasteiger partial charge in [0.05, 0.1) is 25.6 Å². The predicted molar refractivity (Wildman–Crippen MR) is 72.1 cm³/mol. The van der Waals surface area contributed by atoms with E-state index in [-0.39, 0.29) is 35.4 Å². The second kappa shape index (κ2) is 6.88. The van der Waals surface area contributed by atoms with Crippen molar-refractivity contribution in [3.8, 4) is 5.88 Å². The zero-order valence-corrected chi connectivity index (χ0v) is 12.5. The van der Waals surface area contributed by atoms with E-state index in [0.717, 1.165) is 0 Å². The molecule has 9 heteroatoms. The standard InChI is InChI=1S/C10H16ClN3O4S/c1-7(2)18-4-5-19(15,16)14-10-12-8(11)6-9(13-10)17-3/h6-7H,4-5H2,1-3H3,(H,12,13,14). The van der Waals surface area contributed by atoms with Gasteiger partial charge in [-0.1, -0.05) is 11.6 Å². The van der Waals surface area contributed by atoms with Crippen LogP contribution in [0.15, 0.2) is 6.07 Å². The molecule has 19 heavy (non-hydrogen) atoms. The van der Waals surface area contributed by atoms with Crippen molar-refractivity contribution in [1.29, 1.82) is 0 Å². The van der Waals surface area contributed by atoms with E-state index < -0.39 is 10.0 Å². The van der Waals surface area contributed by atoms with Crippen LogP contribution in [0.5, 0.6) is 5.88 Å². The Bertz CT molecular complexity index is 522. The number of anilines is 1. The predicted octanol–water partition coefficient (Wildman–Crippen LogP) is 1.31. The molecule has 0 aliphatic rings. The third-order valence-electron chi connectivity index (χ3n) is 1.93. The number of hydrogen-bond acceptors (Lipinski definition) is 6. The number of nitrogens with one attached hydrogen (secondary N) is 1. The van der Waals surface area contributed by atoms with E-state index in [1.807, 2.05) is 13.8 Å². The van der Waals surface area contributed by atoms with Crippen LogP contribution in [0.1, 0.15) is 13.8 Å². The van der Waals surface area contributed by atoms with Crippen molar-refractivity contribution in [1.82, 2.24) is 9.97 Å². The van der Waals surface area contributed by atoms with Gasteiger partial charge in [0.25, 0.3) is 0 Å². The van der Waals surface area contributed by atoms with Gasteiger partial charge in [0.1, 0.15) is 5.15 Å². The van der Waals surface area contributed by atoms with E-state index in [0.29, 0.717) is 0 Å². The van der Waals surface area contributed by atoms with Gasteiger partial charge in [-0.05, 0) is 13.8 Å². The van der Waals surface area contributed by atoms with Gasteiger partial charge in [-0.3, -0.25) is 4.72 Å². The van der Waals surface area contributed by atoms with E-state index in [9.17, 15) is 8.42 Å². The first-order valence-corrected chi connectivity index (χ1v) is 7.56. The SMILES string of the molecule is COc1cc(Cl)nc(NS(=O)(=O)CCOC(C)C)n1. The second-order valence-corrected chi connectivity index (χ2v) is 6.13. The monoisotopic (exact) mass is 309 g/mol. The summed E-state index contributed by atoms with van der Waals surface area (Å²) in [5, 5.41) is 0.0861. The maximum absolute atomic E-state index is 11.7. The fourth-order valence-corrected chi connectivity index (χ4v) is 2.09. The van der Waals surface area contributed by atoms with Crippen molar-refractivity contribution >= 4 is 27.6 Å². The van der Waals surface area contributed by atoms with Crippen LogP contribution in [0.25, 0.3) is 0 Å². The Morgan fingerprint density at radius 1 is 1.42 bits per heavy atom. The van der Waals surface area contributed by atoms with Crippen molar-refractivity contribution < 1.29 is 17.9 Å². The highest BCUT2D eigenvalue weighted by molar-refractivity contribution is 7.92. The average molecular weight is 310 g/mol. The third kappa shape index (κ3) is 6.04. The third-order valence-corrected chi connectivity index (χ3v) is 3.32. The highest BCUT2D eigenvalue weighted by Gasteiger charge is 2.14. The van der Waals surface area contributed by atoms with E-state index in [1.54, 1.807) is 0 Å². The smallest absolute Gasteiger partial charge is 0.241 e. The quantitative estimate of drug-likeness (QED) is 0.764. The first-order chi connectivity index (χ1) is 8.82. The lowest BCUT2D eigenvalue weighted by Gasteiger charge is -2.09. The Balaban J connectivity index is 2.69. The molecule has 108 valence electrons. The highest BCUT2D eigenvalue weighted by Crippen LogP contribution is 2.16. The number of nitrogens with zero attached hydrogens (tertiary/aromatic N) is 2. The Hall–Kier alpha value is -1.12. The molecule has 0 aliphatic heterocycles. The van der Waals surface area contributed by atoms with Gasteiger partial charge < -0.3 is 9.47 Å². The van der Waals surface area contributed by atoms with Crippen LogP contribution in [-0.2, 0) is 14.8 Å². The molecule has 0 saturated carbocycles. The molecule has 0 radical (unpaired) electrons. The molecule has 0 atom stereocenters. The zero-order valence-electron chi connectivity index (χ0n) is 10.9. The van der Waals surface area contributed by atoms with Gasteiger partial charge in [0, 0.05) is 6.07 Å². The Labute approximate surface area is 117 Å². The molecule has 1 rings (SSSR count). The number of ether oxygens (including phenoxy) is 2. The molecule has 1 heterocycles. The minimum Gasteiger partial charge on any atom is -0.481 e. The first kappa shape index (κ1) is 15.9. The molecule has 0 aromatic carbocycles. The summed E-state index contributed by atoms with van der Waals surface area (Å²) < 4.78 is 35.7. The number of methoxy groups -OCH3 is 1. The highest BCUT2D eigenvalue weighted by atomic mass is 35.5. The summed E-state index contributed by atoms with van der Waals surface area (Å²) in [7, 11) is -2.19. The van der Waals surface area contributed by atoms with Crippen LogP contribution in [0.4, 0.5) is 5.95 Å². The van der Waals surface area contributed by atoms with Crippen molar-refractivity contribution in [2.24, 2.45) is 0 Å². The second-order valence-electron chi connectivity index (χ2n) is 3.90. The fraction of sp³-hybridized carbons (Fsp3) is 0.600. The van der Waals surface area contributed by atoms with E-state index in [2.05, 4.69) is 14.7 Å². The van der Waals surface area contributed by atoms with Crippen molar-refractivity contribution in [2.45, 2.75) is 20.0 Å². The number of rotatable bonds is 7. The molecule has 7 nitrogen and oxygen atoms in total. The van der Waals surface area contributed by atoms with Crippen molar-refractivity contribution in [3.63, 3.8) is 0 Å². The van der Waals surface area contributed by atoms with Gasteiger partial charge in [-0.2, -0.15) is 4.98 Å². The van der Waals surface area contributed by atoms with Crippen LogP contribution in [0.2, 0.25) is 5.15 Å². The number of aromatic nitrogens is 2. The summed E-state index contributed by atoms with van der Waals surface area (Å²) in [6.45, 7) is 3.74. The van der Waals surface area contributed by atoms with Crippen LogP contribution in [0, 0.1) is 0 Å². The van der Waals surface area contributed by atoms with Crippen molar-refractivity contribution in [2.75, 3.05) is 24.2 Å². The molecule has 0 spiro atoms. The topological polar surface area (TPSA) is 90.4 Å². The molecular formula is C10H16ClN3O4S. The first-order valence-electron chi connectivity index (χ1n) is 5.53. The molecule has 1 N–H and O–H groups in total. The lowest BCUT2D eigenvalue weighted by atomic mass is 10.5. The number of halogens is 1. The largest absolute Gasteiger partial charge is 0.481 e. The van der Waals surface area contributed by atoms with Gasteiger partial charge >= 0.3 is 0 Å². The molecule has 0 amide bonds. The van der Waals surface area contributed by atoms with Gasteiger partial charge in [0.15, 0.2) is 0 Å². The van der Waals surface area contributed by atoms with E-state index in [1.165, 1.54) is 13.2 Å². The molecule has 0 bridgehead atoms. The van der Waals surface area contributed by atoms with Crippen LogP contribution >= 0.6 is 11.6 Å². The minimum absolute atomic E-state index is 0.0299. The normalized spacial score (nSPS) is 11.6. The Morgan fingerprint density at radius 2 is 2.11 bits per heavy atom. The van der Waals surface area contributed by atoms with Gasteiger partial charge in [-0.15, -0.1) is 0 Å². The molecule has 1 aromatic rings. The Kier molecular flexibility index (Phi) is 5.77. The summed E-state index contributed by atoms with van der Waals surface area (Å²) >= 11 is 5.71. The molecule has 0 fully saturated rings. The van der Waals surface area contributed by atoms with Gasteiger partial charge in [-0.25, -0.2) is 13.4 Å². The molecule has 0 aliphatic carbocycles. The molecule has 0 saturated heterocycles. The molecule has 1 aromatic heterocycles. The van der Waals surface area contributed by atoms with Crippen LogP contribution in [-0.4, -0.2) is 44.0 Å². The maximum atomic E-state index is 11.7. The number of hydrogen-bond donors (Lipinski definition) is 1. The van der Waals surface area contributed by atoms with Crippen LogP contribution < -0.4 is 9.46 Å². The van der Waals surface area contributed by atoms with Crippen LogP contribution in [0.3, 0.4) is 0 Å². The van der Waals surface area contributed by atoms with Crippen molar-refractivity contribution in [3.05, 3.63) is 11.2 Å². The number of sulfonamides is 1. The summed E-state index contributed by atoms with van der Waals surface area (Å²) in [6, 6.07) is 1.38. The zero-order chi connectivity index (χ0) is 14.5. The van der Waals surface area contributed by atoms with E-state index in [4.69, 9.17) is 21.1 Å².